The Kier molecular flexibility index (Phi) is 7.72. The van der Waals surface area contributed by atoms with E-state index in [1.54, 1.807) is 0 Å². The summed E-state index contributed by atoms with van der Waals surface area (Å²) in [7, 11) is 0. The molecule has 1 aromatic rings. The molecule has 1 aliphatic rings. The van der Waals surface area contributed by atoms with Crippen LogP contribution in [-0.4, -0.2) is 34.1 Å². The van der Waals surface area contributed by atoms with Gasteiger partial charge in [-0.3, -0.25) is 4.79 Å². The van der Waals surface area contributed by atoms with E-state index in [0.717, 1.165) is 25.7 Å². The first-order valence-electron chi connectivity index (χ1n) is 8.04. The predicted molar refractivity (Wildman–Crippen MR) is 92.0 cm³/mol. The summed E-state index contributed by atoms with van der Waals surface area (Å²) >= 11 is 0. The van der Waals surface area contributed by atoms with E-state index < -0.39 is 0 Å². The molecule has 1 aliphatic carbocycles. The second kappa shape index (κ2) is 9.03. The molecule has 3 N–H and O–H groups in total. The molecule has 6 nitrogen and oxygen atoms in total. The van der Waals surface area contributed by atoms with Gasteiger partial charge in [-0.2, -0.15) is 0 Å². The first-order chi connectivity index (χ1) is 10.5. The summed E-state index contributed by atoms with van der Waals surface area (Å²) in [5.41, 5.74) is 6.39. The van der Waals surface area contributed by atoms with E-state index >= 15 is 0 Å². The number of nitrogens with zero attached hydrogens (tertiary/aromatic N) is 2. The highest BCUT2D eigenvalue weighted by Gasteiger charge is 2.27. The smallest absolute Gasteiger partial charge is 0.271 e. The van der Waals surface area contributed by atoms with E-state index in [1.165, 1.54) is 25.2 Å². The Hall–Kier alpha value is -1.40. The van der Waals surface area contributed by atoms with Crippen LogP contribution in [0.15, 0.2) is 12.4 Å². The maximum Gasteiger partial charge on any atom is 0.271 e. The van der Waals surface area contributed by atoms with Gasteiger partial charge in [-0.25, -0.2) is 9.97 Å². The lowest BCUT2D eigenvalue weighted by atomic mass is 9.91. The van der Waals surface area contributed by atoms with Gasteiger partial charge in [-0.15, -0.1) is 12.4 Å². The summed E-state index contributed by atoms with van der Waals surface area (Å²) in [6.45, 7) is 4.31. The number of aromatic nitrogens is 2. The van der Waals surface area contributed by atoms with Crippen molar-refractivity contribution in [2.45, 2.75) is 64.0 Å². The third kappa shape index (κ3) is 6.31. The number of halogens is 1. The molecule has 0 aliphatic heterocycles. The van der Waals surface area contributed by atoms with Crippen LogP contribution in [0.25, 0.3) is 0 Å². The Morgan fingerprint density at radius 2 is 1.91 bits per heavy atom. The van der Waals surface area contributed by atoms with Gasteiger partial charge in [-0.05, 0) is 26.7 Å². The summed E-state index contributed by atoms with van der Waals surface area (Å²) in [5.74, 6) is 0.184. The second-order valence-electron chi connectivity index (χ2n) is 6.37. The first kappa shape index (κ1) is 19.6. The highest BCUT2D eigenvalue weighted by atomic mass is 35.5. The number of nitrogens with one attached hydrogen (secondary N) is 1. The van der Waals surface area contributed by atoms with E-state index in [2.05, 4.69) is 15.3 Å². The minimum absolute atomic E-state index is 0. The Morgan fingerprint density at radius 3 is 2.43 bits per heavy atom. The average Bonchev–Trinajstić information content (AvgIpc) is 2.70. The molecule has 23 heavy (non-hydrogen) atoms. The van der Waals surface area contributed by atoms with Gasteiger partial charge in [0.2, 0.25) is 5.88 Å². The molecule has 0 unspecified atom stereocenters. The van der Waals surface area contributed by atoms with Gasteiger partial charge in [0.15, 0.2) is 0 Å². The molecule has 1 amide bonds. The van der Waals surface area contributed by atoms with E-state index in [9.17, 15) is 4.79 Å². The predicted octanol–water partition coefficient (Wildman–Crippen LogP) is 2.47. The van der Waals surface area contributed by atoms with E-state index in [-0.39, 0.29) is 35.7 Å². The van der Waals surface area contributed by atoms with Crippen molar-refractivity contribution in [1.82, 2.24) is 15.3 Å². The van der Waals surface area contributed by atoms with E-state index in [0.29, 0.717) is 12.4 Å². The normalized spacial score (nSPS) is 17.0. The van der Waals surface area contributed by atoms with Crippen LogP contribution < -0.4 is 15.8 Å². The molecular weight excluding hydrogens is 316 g/mol. The first-order valence-corrected chi connectivity index (χ1v) is 8.04. The van der Waals surface area contributed by atoms with Crippen LogP contribution in [0.5, 0.6) is 5.88 Å². The molecule has 0 atom stereocenters. The highest BCUT2D eigenvalue weighted by Crippen LogP contribution is 2.24. The van der Waals surface area contributed by atoms with Crippen LogP contribution >= 0.6 is 12.4 Å². The third-order valence-electron chi connectivity index (χ3n) is 3.92. The minimum Gasteiger partial charge on any atom is -0.474 e. The van der Waals surface area contributed by atoms with Crippen molar-refractivity contribution in [3.8, 4) is 5.88 Å². The number of hydrogen-bond acceptors (Lipinski definition) is 5. The standard InChI is InChI=1S/C16H26N4O2.ClH/c1-12(2)22-14-10-18-13(9-19-14)15(21)20-11-16(17)7-5-3-4-6-8-16;/h9-10,12H,3-8,11,17H2,1-2H3,(H,20,21);1H. The van der Waals surface area contributed by atoms with E-state index in [4.69, 9.17) is 10.5 Å². The molecular formula is C16H27ClN4O2. The molecule has 1 heterocycles. The zero-order chi connectivity index (χ0) is 16.0. The van der Waals surface area contributed by atoms with Gasteiger partial charge in [0.25, 0.3) is 5.91 Å². The number of rotatable bonds is 5. The fraction of sp³-hybridized carbons (Fsp3) is 0.688. The zero-order valence-corrected chi connectivity index (χ0v) is 14.7. The maximum atomic E-state index is 12.1. The van der Waals surface area contributed by atoms with Gasteiger partial charge < -0.3 is 15.8 Å². The molecule has 1 saturated carbocycles. The van der Waals surface area contributed by atoms with Crippen LogP contribution in [0.4, 0.5) is 0 Å². The number of ether oxygens (including phenoxy) is 1. The Bertz CT molecular complexity index is 485. The van der Waals surface area contributed by atoms with Crippen LogP contribution in [0.3, 0.4) is 0 Å². The van der Waals surface area contributed by atoms with Crippen LogP contribution in [-0.2, 0) is 0 Å². The zero-order valence-electron chi connectivity index (χ0n) is 13.9. The lowest BCUT2D eigenvalue weighted by Gasteiger charge is -2.28. The molecule has 0 spiro atoms. The van der Waals surface area contributed by atoms with Crippen LogP contribution in [0.1, 0.15) is 62.9 Å². The summed E-state index contributed by atoms with van der Waals surface area (Å²) in [6, 6.07) is 0. The highest BCUT2D eigenvalue weighted by molar-refractivity contribution is 5.91. The van der Waals surface area contributed by atoms with Crippen molar-refractivity contribution in [2.24, 2.45) is 5.73 Å². The number of hydrogen-bond donors (Lipinski definition) is 2. The van der Waals surface area contributed by atoms with Crippen molar-refractivity contribution < 1.29 is 9.53 Å². The molecule has 7 heteroatoms. The second-order valence-corrected chi connectivity index (χ2v) is 6.37. The Morgan fingerprint density at radius 1 is 1.26 bits per heavy atom. The Balaban J connectivity index is 0.00000264. The molecule has 0 bridgehead atoms. The van der Waals surface area contributed by atoms with Gasteiger partial charge in [0.05, 0.1) is 18.5 Å². The van der Waals surface area contributed by atoms with Gasteiger partial charge in [-0.1, -0.05) is 25.7 Å². The number of carbonyl (C=O) groups excluding carboxylic acids is 1. The van der Waals surface area contributed by atoms with Crippen molar-refractivity contribution >= 4 is 18.3 Å². The fourth-order valence-corrected chi connectivity index (χ4v) is 2.69. The topological polar surface area (TPSA) is 90.1 Å². The molecule has 0 radical (unpaired) electrons. The van der Waals surface area contributed by atoms with Gasteiger partial charge >= 0.3 is 0 Å². The van der Waals surface area contributed by atoms with Crippen LogP contribution in [0.2, 0.25) is 0 Å². The lowest BCUT2D eigenvalue weighted by Crippen LogP contribution is -2.49. The number of nitrogens with two attached hydrogens (primary N) is 1. The summed E-state index contributed by atoms with van der Waals surface area (Å²) in [6.07, 6.45) is 9.58. The number of amides is 1. The van der Waals surface area contributed by atoms with Crippen molar-refractivity contribution in [2.75, 3.05) is 6.54 Å². The molecule has 0 aromatic carbocycles. The molecule has 1 fully saturated rings. The average molecular weight is 343 g/mol. The maximum absolute atomic E-state index is 12.1. The molecule has 130 valence electrons. The van der Waals surface area contributed by atoms with Crippen molar-refractivity contribution in [3.05, 3.63) is 18.1 Å². The van der Waals surface area contributed by atoms with Crippen molar-refractivity contribution in [3.63, 3.8) is 0 Å². The fourth-order valence-electron chi connectivity index (χ4n) is 2.69. The largest absolute Gasteiger partial charge is 0.474 e. The van der Waals surface area contributed by atoms with Crippen LogP contribution in [0, 0.1) is 0 Å². The van der Waals surface area contributed by atoms with Crippen molar-refractivity contribution in [1.29, 1.82) is 0 Å². The molecule has 1 aromatic heterocycles. The summed E-state index contributed by atoms with van der Waals surface area (Å²) in [5, 5.41) is 2.89. The summed E-state index contributed by atoms with van der Waals surface area (Å²) < 4.78 is 5.41. The molecule has 0 saturated heterocycles. The van der Waals surface area contributed by atoms with Gasteiger partial charge in [0, 0.05) is 12.1 Å². The molecule has 2 rings (SSSR count). The third-order valence-corrected chi connectivity index (χ3v) is 3.92. The SMILES string of the molecule is CC(C)Oc1cnc(C(=O)NCC2(N)CCCCCC2)cn1.Cl. The number of carbonyl (C=O) groups is 1. The minimum atomic E-state index is -0.291. The lowest BCUT2D eigenvalue weighted by molar-refractivity contribution is 0.0935. The summed E-state index contributed by atoms with van der Waals surface area (Å²) in [4.78, 5) is 20.3. The monoisotopic (exact) mass is 342 g/mol. The van der Waals surface area contributed by atoms with E-state index in [1.807, 2.05) is 13.8 Å². The Labute approximate surface area is 144 Å². The van der Waals surface area contributed by atoms with Gasteiger partial charge in [0.1, 0.15) is 5.69 Å². The quantitative estimate of drug-likeness (QED) is 0.802.